The first-order valence-electron chi connectivity index (χ1n) is 16.3. The lowest BCUT2D eigenvalue weighted by Gasteiger charge is -2.26. The molecule has 8 aromatic carbocycles. The summed E-state index contributed by atoms with van der Waals surface area (Å²) in [5.74, 6) is 0. The number of hydrogen-bond acceptors (Lipinski definition) is 2. The smallest absolute Gasteiger partial charge is 0.137 e. The van der Waals surface area contributed by atoms with Gasteiger partial charge in [-0.25, -0.2) is 0 Å². The summed E-state index contributed by atoms with van der Waals surface area (Å²) in [7, 11) is 0. The standard InChI is InChI=1S/C46H31NO/c1-3-9-32(10-4-1)34-19-23-40(24-20-34)47(42-27-28-44-43-13-7-8-14-45(43)48-46(44)31-42)41-25-21-35(22-26-41)38-18-16-36-15-17-37(29-39(36)30-38)33-11-5-2-6-12-33/h1-31H. The number of para-hydroxylation sites is 1. The van der Waals surface area contributed by atoms with Gasteiger partial charge >= 0.3 is 0 Å². The van der Waals surface area contributed by atoms with Crippen LogP contribution in [0.2, 0.25) is 0 Å². The Hall–Kier alpha value is -6.38. The highest BCUT2D eigenvalue weighted by Gasteiger charge is 2.16. The molecule has 0 atom stereocenters. The van der Waals surface area contributed by atoms with Gasteiger partial charge in [0.25, 0.3) is 0 Å². The number of hydrogen-bond donors (Lipinski definition) is 0. The fraction of sp³-hybridized carbons (Fsp3) is 0. The van der Waals surface area contributed by atoms with Crippen LogP contribution in [-0.2, 0) is 0 Å². The van der Waals surface area contributed by atoms with Crippen molar-refractivity contribution in [1.29, 1.82) is 0 Å². The summed E-state index contributed by atoms with van der Waals surface area (Å²) in [5, 5.41) is 4.72. The number of furan rings is 1. The van der Waals surface area contributed by atoms with Crippen LogP contribution in [0.25, 0.3) is 66.1 Å². The van der Waals surface area contributed by atoms with E-state index < -0.39 is 0 Å². The SMILES string of the molecule is c1ccc(-c2ccc(N(c3ccc(-c4ccc5ccc(-c6ccccc6)cc5c4)cc3)c3ccc4c(c3)oc3ccccc34)cc2)cc1. The lowest BCUT2D eigenvalue weighted by Crippen LogP contribution is -2.09. The predicted octanol–water partition coefficient (Wildman–Crippen LogP) is 13.2. The lowest BCUT2D eigenvalue weighted by atomic mass is 9.97. The van der Waals surface area contributed by atoms with E-state index in [1.54, 1.807) is 0 Å². The van der Waals surface area contributed by atoms with Crippen molar-refractivity contribution in [3.05, 3.63) is 188 Å². The van der Waals surface area contributed by atoms with Gasteiger partial charge in [0.2, 0.25) is 0 Å². The highest BCUT2D eigenvalue weighted by Crippen LogP contribution is 2.40. The highest BCUT2D eigenvalue weighted by molar-refractivity contribution is 6.06. The second-order valence-electron chi connectivity index (χ2n) is 12.2. The van der Waals surface area contributed by atoms with Gasteiger partial charge in [-0.15, -0.1) is 0 Å². The molecule has 9 rings (SSSR count). The van der Waals surface area contributed by atoms with Gasteiger partial charge in [-0.3, -0.25) is 0 Å². The molecule has 48 heavy (non-hydrogen) atoms. The van der Waals surface area contributed by atoms with Crippen LogP contribution in [0.5, 0.6) is 0 Å². The van der Waals surface area contributed by atoms with Crippen molar-refractivity contribution in [2.24, 2.45) is 0 Å². The lowest BCUT2D eigenvalue weighted by molar-refractivity contribution is 0.669. The molecule has 0 radical (unpaired) electrons. The molecule has 0 bridgehead atoms. The van der Waals surface area contributed by atoms with Gasteiger partial charge in [0.1, 0.15) is 11.2 Å². The first-order valence-corrected chi connectivity index (χ1v) is 16.3. The Balaban J connectivity index is 1.11. The Morgan fingerprint density at radius 1 is 0.292 bits per heavy atom. The third kappa shape index (κ3) is 5.10. The van der Waals surface area contributed by atoms with Gasteiger partial charge in [-0.1, -0.05) is 127 Å². The first kappa shape index (κ1) is 27.9. The van der Waals surface area contributed by atoms with E-state index in [1.165, 1.54) is 44.2 Å². The minimum absolute atomic E-state index is 0.877. The molecule has 0 fully saturated rings. The van der Waals surface area contributed by atoms with Gasteiger partial charge in [0.05, 0.1) is 0 Å². The van der Waals surface area contributed by atoms with Crippen molar-refractivity contribution in [3.8, 4) is 33.4 Å². The minimum Gasteiger partial charge on any atom is -0.456 e. The topological polar surface area (TPSA) is 16.4 Å². The molecule has 9 aromatic rings. The van der Waals surface area contributed by atoms with Gasteiger partial charge in [0, 0.05) is 33.9 Å². The maximum atomic E-state index is 6.31. The van der Waals surface area contributed by atoms with Crippen molar-refractivity contribution in [2.75, 3.05) is 4.90 Å². The quantitative estimate of drug-likeness (QED) is 0.185. The zero-order chi connectivity index (χ0) is 31.9. The number of anilines is 3. The maximum Gasteiger partial charge on any atom is 0.137 e. The van der Waals surface area contributed by atoms with Crippen molar-refractivity contribution in [2.45, 2.75) is 0 Å². The molecule has 0 saturated carbocycles. The summed E-state index contributed by atoms with van der Waals surface area (Å²) >= 11 is 0. The van der Waals surface area contributed by atoms with Gasteiger partial charge in [-0.2, -0.15) is 0 Å². The van der Waals surface area contributed by atoms with E-state index in [2.05, 4.69) is 181 Å². The second-order valence-corrected chi connectivity index (χ2v) is 12.2. The van der Waals surface area contributed by atoms with E-state index in [0.29, 0.717) is 0 Å². The molecule has 0 spiro atoms. The molecule has 0 aliphatic rings. The van der Waals surface area contributed by atoms with Crippen LogP contribution in [-0.4, -0.2) is 0 Å². The summed E-state index contributed by atoms with van der Waals surface area (Å²) in [5.41, 5.74) is 12.2. The zero-order valence-corrected chi connectivity index (χ0v) is 26.3. The van der Waals surface area contributed by atoms with Crippen LogP contribution in [0.1, 0.15) is 0 Å². The fourth-order valence-electron chi connectivity index (χ4n) is 6.77. The Morgan fingerprint density at radius 3 is 1.38 bits per heavy atom. The van der Waals surface area contributed by atoms with E-state index in [9.17, 15) is 0 Å². The molecule has 2 nitrogen and oxygen atoms in total. The average Bonchev–Trinajstić information content (AvgIpc) is 3.54. The number of fused-ring (bicyclic) bond motifs is 4. The zero-order valence-electron chi connectivity index (χ0n) is 26.3. The fourth-order valence-corrected chi connectivity index (χ4v) is 6.77. The molecule has 1 heterocycles. The van der Waals surface area contributed by atoms with Crippen LogP contribution in [0, 0.1) is 0 Å². The molecule has 0 amide bonds. The summed E-state index contributed by atoms with van der Waals surface area (Å²) in [6, 6.07) is 67.0. The van der Waals surface area contributed by atoms with Crippen LogP contribution in [0.3, 0.4) is 0 Å². The molecule has 226 valence electrons. The van der Waals surface area contributed by atoms with Crippen molar-refractivity contribution >= 4 is 49.8 Å². The summed E-state index contributed by atoms with van der Waals surface area (Å²) in [6.45, 7) is 0. The van der Waals surface area contributed by atoms with Crippen molar-refractivity contribution < 1.29 is 4.42 Å². The maximum absolute atomic E-state index is 6.31. The molecule has 1 aromatic heterocycles. The molecule has 0 N–H and O–H groups in total. The molecule has 2 heteroatoms. The van der Waals surface area contributed by atoms with Gasteiger partial charge in [0.15, 0.2) is 0 Å². The highest BCUT2D eigenvalue weighted by atomic mass is 16.3. The summed E-state index contributed by atoms with van der Waals surface area (Å²) < 4.78 is 6.31. The van der Waals surface area contributed by atoms with Crippen LogP contribution < -0.4 is 4.90 Å². The van der Waals surface area contributed by atoms with E-state index in [-0.39, 0.29) is 0 Å². The predicted molar refractivity (Wildman–Crippen MR) is 202 cm³/mol. The largest absolute Gasteiger partial charge is 0.456 e. The number of rotatable bonds is 6. The Bertz CT molecular complexity index is 2530. The first-order chi connectivity index (χ1) is 23.8. The molecular formula is C46H31NO. The molecule has 0 saturated heterocycles. The molecular weight excluding hydrogens is 583 g/mol. The van der Waals surface area contributed by atoms with Crippen molar-refractivity contribution in [1.82, 2.24) is 0 Å². The van der Waals surface area contributed by atoms with Crippen molar-refractivity contribution in [3.63, 3.8) is 0 Å². The van der Waals surface area contributed by atoms with Gasteiger partial charge < -0.3 is 9.32 Å². The Morgan fingerprint density at radius 2 is 0.750 bits per heavy atom. The van der Waals surface area contributed by atoms with Crippen LogP contribution in [0.4, 0.5) is 17.1 Å². The molecule has 0 unspecified atom stereocenters. The Kier molecular flexibility index (Phi) is 6.84. The minimum atomic E-state index is 0.877. The van der Waals surface area contributed by atoms with Crippen LogP contribution in [0.15, 0.2) is 192 Å². The van der Waals surface area contributed by atoms with E-state index in [0.717, 1.165) is 39.0 Å². The van der Waals surface area contributed by atoms with Gasteiger partial charge in [-0.05, 0) is 98.8 Å². The average molecular weight is 614 g/mol. The van der Waals surface area contributed by atoms with E-state index >= 15 is 0 Å². The third-order valence-corrected chi connectivity index (χ3v) is 9.26. The normalized spacial score (nSPS) is 11.3. The second kappa shape index (κ2) is 11.8. The summed E-state index contributed by atoms with van der Waals surface area (Å²) in [6.07, 6.45) is 0. The monoisotopic (exact) mass is 613 g/mol. The number of benzene rings is 8. The molecule has 0 aliphatic carbocycles. The van der Waals surface area contributed by atoms with E-state index in [1.807, 2.05) is 12.1 Å². The van der Waals surface area contributed by atoms with E-state index in [4.69, 9.17) is 4.42 Å². The summed E-state index contributed by atoms with van der Waals surface area (Å²) in [4.78, 5) is 2.30. The Labute approximate surface area is 279 Å². The number of nitrogens with zero attached hydrogens (tertiary/aromatic N) is 1. The van der Waals surface area contributed by atoms with Crippen LogP contribution >= 0.6 is 0 Å². The third-order valence-electron chi connectivity index (χ3n) is 9.26. The molecule has 0 aliphatic heterocycles.